The molecule has 0 atom stereocenters. The third kappa shape index (κ3) is 3.84. The van der Waals surface area contributed by atoms with Crippen LogP contribution in [0.4, 0.5) is 0 Å². The van der Waals surface area contributed by atoms with E-state index in [1.165, 1.54) is 16.4 Å². The van der Waals surface area contributed by atoms with Crippen LogP contribution in [0.25, 0.3) is 22.4 Å². The normalized spacial score (nSPS) is 11.2. The molecule has 0 N–H and O–H groups in total. The summed E-state index contributed by atoms with van der Waals surface area (Å²) in [4.78, 5) is 12.9. The molecule has 0 radical (unpaired) electrons. The molecule has 2 aromatic heterocycles. The Kier molecular flexibility index (Phi) is 5.53. The van der Waals surface area contributed by atoms with E-state index in [0.717, 1.165) is 24.2 Å². The van der Waals surface area contributed by atoms with Gasteiger partial charge in [0, 0.05) is 11.1 Å². The molecule has 0 bridgehead atoms. The summed E-state index contributed by atoms with van der Waals surface area (Å²) in [5.41, 5.74) is 1.39. The van der Waals surface area contributed by atoms with E-state index < -0.39 is 0 Å². The first-order chi connectivity index (χ1) is 13.8. The number of hydrogen-bond donors (Lipinski definition) is 0. The van der Waals surface area contributed by atoms with E-state index >= 15 is 0 Å². The Morgan fingerprint density at radius 1 is 1.00 bits per heavy atom. The molecule has 4 aromatic rings. The lowest BCUT2D eigenvalue weighted by Crippen LogP contribution is -2.24. The van der Waals surface area contributed by atoms with Gasteiger partial charge in [-0.05, 0) is 18.1 Å². The quantitative estimate of drug-likeness (QED) is 0.343. The molecule has 0 aliphatic rings. The number of rotatable bonds is 7. The lowest BCUT2D eigenvalue weighted by Gasteiger charge is -2.09. The molecule has 0 aliphatic carbocycles. The highest BCUT2D eigenvalue weighted by molar-refractivity contribution is 7.99. The number of fused-ring (bicyclic) bond motifs is 1. The molecule has 6 nitrogen and oxygen atoms in total. The molecule has 0 aliphatic heterocycles. The lowest BCUT2D eigenvalue weighted by molar-refractivity contribution is 0.462. The lowest BCUT2D eigenvalue weighted by atomic mass is 10.1. The highest BCUT2D eigenvalue weighted by Gasteiger charge is 2.17. The third-order valence-corrected chi connectivity index (χ3v) is 5.28. The van der Waals surface area contributed by atoms with Crippen molar-refractivity contribution in [3.63, 3.8) is 0 Å². The van der Waals surface area contributed by atoms with Gasteiger partial charge >= 0.3 is 0 Å². The van der Waals surface area contributed by atoms with Crippen LogP contribution < -0.4 is 5.56 Å². The fourth-order valence-electron chi connectivity index (χ4n) is 2.92. The van der Waals surface area contributed by atoms with Crippen LogP contribution in [0.2, 0.25) is 0 Å². The first-order valence-corrected chi connectivity index (χ1v) is 10.3. The average Bonchev–Trinajstić information content (AvgIpc) is 3.20. The molecular weight excluding hydrogens is 372 g/mol. The Balaban J connectivity index is 1.77. The number of hydrogen-bond acceptors (Lipinski definition) is 6. The van der Waals surface area contributed by atoms with Gasteiger partial charge in [0.1, 0.15) is 0 Å². The minimum atomic E-state index is -0.139. The molecule has 0 unspecified atom stereocenters. The topological polar surface area (TPSA) is 73.8 Å². The number of thioether (sulfide) groups is 1. The summed E-state index contributed by atoms with van der Waals surface area (Å²) in [6.45, 7) is 2.52. The van der Waals surface area contributed by atoms with E-state index in [2.05, 4.69) is 22.2 Å². The Labute approximate surface area is 166 Å². The monoisotopic (exact) mass is 392 g/mol. The van der Waals surface area contributed by atoms with E-state index in [0.29, 0.717) is 34.1 Å². The summed E-state index contributed by atoms with van der Waals surface area (Å²) >= 11 is 1.54. The molecule has 0 fully saturated rings. The summed E-state index contributed by atoms with van der Waals surface area (Å²) < 4.78 is 7.29. The minimum Gasteiger partial charge on any atom is -0.410 e. The van der Waals surface area contributed by atoms with Crippen LogP contribution in [0, 0.1) is 0 Å². The van der Waals surface area contributed by atoms with Crippen LogP contribution in [0.5, 0.6) is 0 Å². The zero-order valence-electron chi connectivity index (χ0n) is 15.5. The molecule has 0 saturated carbocycles. The van der Waals surface area contributed by atoms with Crippen molar-refractivity contribution in [3.05, 3.63) is 70.5 Å². The fraction of sp³-hybridized carbons (Fsp3) is 0.238. The van der Waals surface area contributed by atoms with Crippen LogP contribution in [0.15, 0.2) is 69.0 Å². The number of benzene rings is 2. The van der Waals surface area contributed by atoms with Gasteiger partial charge < -0.3 is 4.42 Å². The van der Waals surface area contributed by atoms with Crippen LogP contribution in [0.3, 0.4) is 0 Å². The van der Waals surface area contributed by atoms with Gasteiger partial charge in [0.05, 0.1) is 11.9 Å². The summed E-state index contributed by atoms with van der Waals surface area (Å²) in [6, 6.07) is 17.2. The standard InChI is InChI=1S/C21H20N4O2S/c1-2-3-13-28-21-23-22-19(27-21)18-16-11-7-8-12-17(16)20(26)25(24-18)14-15-9-5-4-6-10-15/h4-12H,2-3,13-14H2,1H3. The third-order valence-electron chi connectivity index (χ3n) is 4.38. The Bertz CT molecular complexity index is 1140. The van der Waals surface area contributed by atoms with Crippen molar-refractivity contribution in [3.8, 4) is 11.6 Å². The van der Waals surface area contributed by atoms with Crippen LogP contribution >= 0.6 is 11.8 Å². The van der Waals surface area contributed by atoms with Crippen molar-refractivity contribution in [1.82, 2.24) is 20.0 Å². The van der Waals surface area contributed by atoms with Gasteiger partial charge in [0.25, 0.3) is 16.7 Å². The van der Waals surface area contributed by atoms with Gasteiger partial charge in [-0.2, -0.15) is 5.10 Å². The molecule has 28 heavy (non-hydrogen) atoms. The van der Waals surface area contributed by atoms with Gasteiger partial charge in [0.15, 0.2) is 5.69 Å². The van der Waals surface area contributed by atoms with Gasteiger partial charge in [-0.1, -0.05) is 73.6 Å². The molecule has 0 saturated heterocycles. The number of nitrogens with zero attached hydrogens (tertiary/aromatic N) is 4. The zero-order chi connectivity index (χ0) is 19.3. The molecular formula is C21H20N4O2S. The van der Waals surface area contributed by atoms with Gasteiger partial charge in [-0.3, -0.25) is 4.79 Å². The van der Waals surface area contributed by atoms with Gasteiger partial charge in [-0.15, -0.1) is 10.2 Å². The molecule has 7 heteroatoms. The second-order valence-electron chi connectivity index (χ2n) is 6.42. The molecule has 2 aromatic carbocycles. The molecule has 0 spiro atoms. The predicted octanol–water partition coefficient (Wildman–Crippen LogP) is 4.39. The number of aromatic nitrogens is 4. The van der Waals surface area contributed by atoms with E-state index in [1.54, 1.807) is 6.07 Å². The molecule has 2 heterocycles. The number of unbranched alkanes of at least 4 members (excludes halogenated alkanes) is 1. The smallest absolute Gasteiger partial charge is 0.276 e. The van der Waals surface area contributed by atoms with E-state index in [1.807, 2.05) is 48.5 Å². The minimum absolute atomic E-state index is 0.139. The maximum Gasteiger partial charge on any atom is 0.276 e. The largest absolute Gasteiger partial charge is 0.410 e. The average molecular weight is 392 g/mol. The van der Waals surface area contributed by atoms with Crippen molar-refractivity contribution < 1.29 is 4.42 Å². The second kappa shape index (κ2) is 8.39. The van der Waals surface area contributed by atoms with Crippen molar-refractivity contribution in [2.75, 3.05) is 5.75 Å². The van der Waals surface area contributed by atoms with Crippen molar-refractivity contribution >= 4 is 22.5 Å². The van der Waals surface area contributed by atoms with Crippen LogP contribution in [-0.4, -0.2) is 25.7 Å². The van der Waals surface area contributed by atoms with Crippen LogP contribution in [0.1, 0.15) is 25.3 Å². The van der Waals surface area contributed by atoms with Crippen molar-refractivity contribution in [1.29, 1.82) is 0 Å². The molecule has 4 rings (SSSR count). The van der Waals surface area contributed by atoms with E-state index in [-0.39, 0.29) is 5.56 Å². The predicted molar refractivity (Wildman–Crippen MR) is 110 cm³/mol. The SMILES string of the molecule is CCCCSc1nnc(-c2nn(Cc3ccccc3)c(=O)c3ccccc23)o1. The Morgan fingerprint density at radius 3 is 2.54 bits per heavy atom. The first kappa shape index (κ1) is 18.4. The second-order valence-corrected chi connectivity index (χ2v) is 7.46. The zero-order valence-corrected chi connectivity index (χ0v) is 16.4. The highest BCUT2D eigenvalue weighted by atomic mass is 32.2. The summed E-state index contributed by atoms with van der Waals surface area (Å²) in [7, 11) is 0. The highest BCUT2D eigenvalue weighted by Crippen LogP contribution is 2.27. The fourth-order valence-corrected chi connectivity index (χ4v) is 3.77. The summed E-state index contributed by atoms with van der Waals surface area (Å²) in [5, 5.41) is 14.7. The summed E-state index contributed by atoms with van der Waals surface area (Å²) in [5.74, 6) is 1.26. The first-order valence-electron chi connectivity index (χ1n) is 9.26. The Hall–Kier alpha value is -2.93. The molecule has 0 amide bonds. The van der Waals surface area contributed by atoms with Crippen molar-refractivity contribution in [2.24, 2.45) is 0 Å². The maximum absolute atomic E-state index is 12.9. The Morgan fingerprint density at radius 2 is 1.75 bits per heavy atom. The van der Waals surface area contributed by atoms with Crippen LogP contribution in [-0.2, 0) is 6.54 Å². The van der Waals surface area contributed by atoms with E-state index in [9.17, 15) is 4.79 Å². The van der Waals surface area contributed by atoms with Crippen molar-refractivity contribution in [2.45, 2.75) is 31.5 Å². The summed E-state index contributed by atoms with van der Waals surface area (Å²) in [6.07, 6.45) is 2.20. The van der Waals surface area contributed by atoms with Gasteiger partial charge in [0.2, 0.25) is 0 Å². The van der Waals surface area contributed by atoms with E-state index in [4.69, 9.17) is 4.42 Å². The molecule has 142 valence electrons. The maximum atomic E-state index is 12.9. The van der Waals surface area contributed by atoms with Gasteiger partial charge in [-0.25, -0.2) is 4.68 Å².